The highest BCUT2D eigenvalue weighted by Gasteiger charge is 2.65. The molecule has 3 rings (SSSR count). The van der Waals surface area contributed by atoms with Gasteiger partial charge in [-0.05, 0) is 24.1 Å². The lowest BCUT2D eigenvalue weighted by Gasteiger charge is -2.40. The molecule has 2 N–H and O–H groups in total. The zero-order chi connectivity index (χ0) is 22.0. The minimum atomic E-state index is -10.1. The SMILES string of the molecule is N#Cc1nn(-c2c(Cl)cc(S(F)(F)(F)(F)F)cc2Cl)c(N)c1N1CC(F)C(F)S1. The van der Waals surface area contributed by atoms with Crippen LogP contribution in [0.4, 0.5) is 39.7 Å². The van der Waals surface area contributed by atoms with Crippen LogP contribution in [0.1, 0.15) is 5.69 Å². The Labute approximate surface area is 173 Å². The fourth-order valence-corrected chi connectivity index (χ4v) is 4.93. The van der Waals surface area contributed by atoms with Crippen LogP contribution in [-0.4, -0.2) is 28.0 Å². The van der Waals surface area contributed by atoms with E-state index >= 15 is 0 Å². The van der Waals surface area contributed by atoms with Gasteiger partial charge in [0.2, 0.25) is 0 Å². The van der Waals surface area contributed by atoms with Crippen molar-refractivity contribution in [1.29, 1.82) is 5.26 Å². The monoisotopic (exact) mass is 501 g/mol. The lowest BCUT2D eigenvalue weighted by atomic mass is 10.3. The number of anilines is 2. The molecule has 5 nitrogen and oxygen atoms in total. The Morgan fingerprint density at radius 3 is 2.10 bits per heavy atom. The number of benzene rings is 1. The topological polar surface area (TPSA) is 70.9 Å². The van der Waals surface area contributed by atoms with Crippen LogP contribution in [0.2, 0.25) is 10.0 Å². The van der Waals surface area contributed by atoms with E-state index in [9.17, 15) is 33.5 Å². The van der Waals surface area contributed by atoms with E-state index in [1.807, 2.05) is 0 Å². The Balaban J connectivity index is 2.18. The van der Waals surface area contributed by atoms with Gasteiger partial charge in [-0.25, -0.2) is 13.5 Å². The molecule has 1 aliphatic rings. The highest BCUT2D eigenvalue weighted by molar-refractivity contribution is 8.45. The second-order valence-electron chi connectivity index (χ2n) is 5.84. The van der Waals surface area contributed by atoms with Crippen molar-refractivity contribution < 1.29 is 28.2 Å². The molecule has 2 heterocycles. The van der Waals surface area contributed by atoms with Gasteiger partial charge in [0.05, 0.1) is 16.6 Å². The zero-order valence-corrected chi connectivity index (χ0v) is 16.7. The van der Waals surface area contributed by atoms with E-state index in [2.05, 4.69) is 5.10 Å². The van der Waals surface area contributed by atoms with Crippen LogP contribution in [0, 0.1) is 11.3 Å². The molecular weight excluding hydrogens is 494 g/mol. The molecule has 1 aromatic carbocycles. The number of alkyl halides is 2. The van der Waals surface area contributed by atoms with E-state index in [0.717, 1.165) is 4.31 Å². The van der Waals surface area contributed by atoms with E-state index in [4.69, 9.17) is 28.9 Å². The number of hydrogen-bond donors (Lipinski definition) is 1. The minimum Gasteiger partial charge on any atom is -0.382 e. The third-order valence-electron chi connectivity index (χ3n) is 3.75. The molecule has 29 heavy (non-hydrogen) atoms. The number of nitriles is 1. The number of nitrogens with zero attached hydrogens (tertiary/aromatic N) is 4. The predicted octanol–water partition coefficient (Wildman–Crippen LogP) is 6.39. The Bertz CT molecular complexity index is 1020. The van der Waals surface area contributed by atoms with Gasteiger partial charge in [0.1, 0.15) is 22.3 Å². The molecule has 0 radical (unpaired) electrons. The Morgan fingerprint density at radius 1 is 1.14 bits per heavy atom. The van der Waals surface area contributed by atoms with Crippen molar-refractivity contribution in [1.82, 2.24) is 9.78 Å². The van der Waals surface area contributed by atoms with Gasteiger partial charge in [0.25, 0.3) is 0 Å². The summed E-state index contributed by atoms with van der Waals surface area (Å²) in [6.07, 6.45) is -1.89. The van der Waals surface area contributed by atoms with Crippen LogP contribution in [0.5, 0.6) is 0 Å². The number of nitrogen functional groups attached to an aromatic ring is 1. The van der Waals surface area contributed by atoms with E-state index in [1.54, 1.807) is 6.07 Å². The third-order valence-corrected chi connectivity index (χ3v) is 6.54. The van der Waals surface area contributed by atoms with Crippen molar-refractivity contribution >= 4 is 56.9 Å². The van der Waals surface area contributed by atoms with Gasteiger partial charge < -0.3 is 10.0 Å². The quantitative estimate of drug-likeness (QED) is 0.389. The van der Waals surface area contributed by atoms with Crippen molar-refractivity contribution in [3.05, 3.63) is 27.9 Å². The number of hydrogen-bond acceptors (Lipinski definition) is 5. The number of halogens is 9. The lowest BCUT2D eigenvalue weighted by molar-refractivity contribution is 0.256. The van der Waals surface area contributed by atoms with Crippen LogP contribution in [0.15, 0.2) is 17.0 Å². The van der Waals surface area contributed by atoms with Gasteiger partial charge in [0, 0.05) is 0 Å². The summed E-state index contributed by atoms with van der Waals surface area (Å²) < 4.78 is 93.8. The van der Waals surface area contributed by atoms with Gasteiger partial charge in [0.15, 0.2) is 23.2 Å². The molecule has 1 aromatic heterocycles. The van der Waals surface area contributed by atoms with Crippen LogP contribution in [-0.2, 0) is 0 Å². The summed E-state index contributed by atoms with van der Waals surface area (Å²) in [5.41, 5.74) is 2.76. The van der Waals surface area contributed by atoms with Crippen molar-refractivity contribution in [2.24, 2.45) is 0 Å². The highest BCUT2D eigenvalue weighted by Crippen LogP contribution is 3.02. The molecule has 1 aliphatic heterocycles. The molecule has 0 aliphatic carbocycles. The second-order valence-corrected chi connectivity index (χ2v) is 10.2. The summed E-state index contributed by atoms with van der Waals surface area (Å²) in [5.74, 6) is -0.431. The summed E-state index contributed by atoms with van der Waals surface area (Å²) in [7, 11) is -10.1. The smallest absolute Gasteiger partial charge is 0.310 e. The van der Waals surface area contributed by atoms with Gasteiger partial charge in [-0.1, -0.05) is 42.6 Å². The summed E-state index contributed by atoms with van der Waals surface area (Å²) >= 11 is 11.9. The zero-order valence-electron chi connectivity index (χ0n) is 13.6. The Hall–Kier alpha value is -1.69. The second kappa shape index (κ2) is 6.16. The van der Waals surface area contributed by atoms with Crippen LogP contribution in [0.3, 0.4) is 0 Å². The molecular formula is C13H8Cl2F7N5S2. The average molecular weight is 502 g/mol. The highest BCUT2D eigenvalue weighted by atomic mass is 35.5. The molecule has 2 unspecified atom stereocenters. The first-order valence-corrected chi connectivity index (χ1v) is 10.8. The van der Waals surface area contributed by atoms with Crippen molar-refractivity contribution in [3.8, 4) is 11.8 Å². The molecule has 16 heteroatoms. The summed E-state index contributed by atoms with van der Waals surface area (Å²) in [4.78, 5) is -2.33. The predicted molar refractivity (Wildman–Crippen MR) is 98.8 cm³/mol. The first kappa shape index (κ1) is 22.0. The summed E-state index contributed by atoms with van der Waals surface area (Å²) in [5, 5.41) is 11.2. The van der Waals surface area contributed by atoms with Gasteiger partial charge in [-0.2, -0.15) is 10.4 Å². The molecule has 2 atom stereocenters. The van der Waals surface area contributed by atoms with Crippen molar-refractivity contribution in [2.45, 2.75) is 16.6 Å². The standard InChI is InChI=1S/C13H8Cl2F7N5S2/c14-6-1-5(29(18,19,20,21)22)2-7(15)10(6)27-13(24)11(9(3-23)25-27)26-4-8(16)12(17)28-26/h1-2,8,12H,4,24H2. The first-order valence-electron chi connectivity index (χ1n) is 7.28. The molecule has 0 bridgehead atoms. The largest absolute Gasteiger partial charge is 0.382 e. The average Bonchev–Trinajstić information content (AvgIpc) is 3.04. The number of nitrogens with two attached hydrogens (primary N) is 1. The normalized spacial score (nSPS) is 22.3. The fourth-order valence-electron chi connectivity index (χ4n) is 2.50. The van der Waals surface area contributed by atoms with Gasteiger partial charge in [-0.15, -0.1) is 0 Å². The number of aromatic nitrogens is 2. The molecule has 0 spiro atoms. The Morgan fingerprint density at radius 2 is 1.69 bits per heavy atom. The maximum atomic E-state index is 13.5. The lowest BCUT2D eigenvalue weighted by Crippen LogP contribution is -2.17. The van der Waals surface area contributed by atoms with E-state index < -0.39 is 60.6 Å². The fraction of sp³-hybridized carbons (Fsp3) is 0.231. The maximum Gasteiger partial charge on any atom is 0.310 e. The van der Waals surface area contributed by atoms with Crippen molar-refractivity contribution in [3.63, 3.8) is 0 Å². The van der Waals surface area contributed by atoms with Crippen LogP contribution in [0.25, 0.3) is 5.69 Å². The molecule has 0 saturated carbocycles. The van der Waals surface area contributed by atoms with Crippen LogP contribution >= 0.6 is 45.4 Å². The first-order chi connectivity index (χ1) is 13.0. The van der Waals surface area contributed by atoms with Gasteiger partial charge in [-0.3, -0.25) is 0 Å². The van der Waals surface area contributed by atoms with E-state index in [0.29, 0.717) is 16.6 Å². The maximum absolute atomic E-state index is 13.5. The van der Waals surface area contributed by atoms with Crippen molar-refractivity contribution in [2.75, 3.05) is 16.6 Å². The van der Waals surface area contributed by atoms with E-state index in [1.165, 1.54) is 0 Å². The molecule has 1 fully saturated rings. The summed E-state index contributed by atoms with van der Waals surface area (Å²) in [6, 6.07) is 1.54. The minimum absolute atomic E-state index is 0.0447. The van der Waals surface area contributed by atoms with E-state index in [-0.39, 0.29) is 17.8 Å². The molecule has 0 amide bonds. The molecule has 160 valence electrons. The molecule has 2 aromatic rings. The Kier molecular flexibility index (Phi) is 4.67. The number of rotatable bonds is 3. The van der Waals surface area contributed by atoms with Crippen LogP contribution < -0.4 is 10.0 Å². The molecule has 1 saturated heterocycles. The van der Waals surface area contributed by atoms with Gasteiger partial charge >= 0.3 is 10.2 Å². The summed E-state index contributed by atoms with van der Waals surface area (Å²) in [6.45, 7) is -0.485. The third kappa shape index (κ3) is 4.00.